The predicted octanol–water partition coefficient (Wildman–Crippen LogP) is 3.71. The van der Waals surface area contributed by atoms with Crippen molar-refractivity contribution in [3.05, 3.63) is 29.3 Å². The molecule has 6 nitrogen and oxygen atoms in total. The number of aromatic nitrogens is 2. The van der Waals surface area contributed by atoms with Gasteiger partial charge in [0.15, 0.2) is 4.34 Å². The van der Waals surface area contributed by atoms with E-state index in [1.54, 1.807) is 6.07 Å². The first kappa shape index (κ1) is 18.4. The van der Waals surface area contributed by atoms with Crippen LogP contribution in [0.25, 0.3) is 0 Å². The molecule has 2 aromatic rings. The molecule has 2 atom stereocenters. The molecule has 3 rings (SSSR count). The SMILES string of the molecule is C[C@@H](Sc1nnc(Nc2ccccc2Cl)s1)C(=O)NC[C@H]1CCCO1. The Morgan fingerprint density at radius 2 is 2.32 bits per heavy atom. The Balaban J connectivity index is 1.50. The third-order valence-corrected chi connectivity index (χ3v) is 6.05. The van der Waals surface area contributed by atoms with Gasteiger partial charge in [0.25, 0.3) is 0 Å². The van der Waals surface area contributed by atoms with E-state index in [1.807, 2.05) is 25.1 Å². The van der Waals surface area contributed by atoms with Crippen LogP contribution in [0.3, 0.4) is 0 Å². The van der Waals surface area contributed by atoms with Gasteiger partial charge >= 0.3 is 0 Å². The standard InChI is InChI=1S/C16H19ClN4O2S2/c1-10(14(22)18-9-11-5-4-8-23-11)24-16-21-20-15(25-16)19-13-7-3-2-6-12(13)17/h2-3,6-7,10-11H,4-5,8-9H2,1H3,(H,18,22)(H,19,20)/t10-,11-/m1/s1. The molecule has 1 aliphatic rings. The first-order valence-corrected chi connectivity index (χ1v) is 10.1. The molecule has 1 aromatic heterocycles. The molecule has 1 amide bonds. The van der Waals surface area contributed by atoms with E-state index in [1.165, 1.54) is 23.1 Å². The number of amides is 1. The first-order valence-electron chi connectivity index (χ1n) is 8.03. The third kappa shape index (κ3) is 5.31. The Labute approximate surface area is 159 Å². The van der Waals surface area contributed by atoms with E-state index in [2.05, 4.69) is 20.8 Å². The summed E-state index contributed by atoms with van der Waals surface area (Å²) in [7, 11) is 0. The van der Waals surface area contributed by atoms with Crippen molar-refractivity contribution in [1.82, 2.24) is 15.5 Å². The summed E-state index contributed by atoms with van der Waals surface area (Å²) in [5.41, 5.74) is 0.777. The van der Waals surface area contributed by atoms with Gasteiger partial charge in [0, 0.05) is 13.2 Å². The van der Waals surface area contributed by atoms with Gasteiger partial charge in [0.2, 0.25) is 11.0 Å². The minimum atomic E-state index is -0.248. The fourth-order valence-corrected chi connectivity index (χ4v) is 4.47. The highest BCUT2D eigenvalue weighted by molar-refractivity contribution is 8.02. The van der Waals surface area contributed by atoms with E-state index in [9.17, 15) is 4.79 Å². The first-order chi connectivity index (χ1) is 12.1. The van der Waals surface area contributed by atoms with E-state index >= 15 is 0 Å². The molecule has 2 heterocycles. The van der Waals surface area contributed by atoms with E-state index in [0.717, 1.165) is 29.5 Å². The minimum Gasteiger partial charge on any atom is -0.376 e. The fourth-order valence-electron chi connectivity index (χ4n) is 2.35. The van der Waals surface area contributed by atoms with Crippen molar-refractivity contribution in [2.45, 2.75) is 35.5 Å². The molecule has 1 aromatic carbocycles. The average Bonchev–Trinajstić information content (AvgIpc) is 3.27. The summed E-state index contributed by atoms with van der Waals surface area (Å²) < 4.78 is 6.24. The lowest BCUT2D eigenvalue weighted by molar-refractivity contribution is -0.120. The Morgan fingerprint density at radius 3 is 3.08 bits per heavy atom. The molecule has 2 N–H and O–H groups in total. The van der Waals surface area contributed by atoms with Crippen LogP contribution in [0, 0.1) is 0 Å². The summed E-state index contributed by atoms with van der Waals surface area (Å²) in [4.78, 5) is 12.2. The number of benzene rings is 1. The number of rotatable bonds is 7. The van der Waals surface area contributed by atoms with E-state index in [4.69, 9.17) is 16.3 Å². The smallest absolute Gasteiger partial charge is 0.233 e. The van der Waals surface area contributed by atoms with Crippen LogP contribution in [-0.4, -0.2) is 40.6 Å². The third-order valence-electron chi connectivity index (χ3n) is 3.70. The van der Waals surface area contributed by atoms with Gasteiger partial charge in [0.1, 0.15) is 0 Å². The predicted molar refractivity (Wildman–Crippen MR) is 102 cm³/mol. The maximum atomic E-state index is 12.2. The number of thioether (sulfide) groups is 1. The second kappa shape index (κ2) is 8.84. The van der Waals surface area contributed by atoms with Gasteiger partial charge in [-0.2, -0.15) is 0 Å². The van der Waals surface area contributed by atoms with Crippen molar-refractivity contribution in [1.29, 1.82) is 0 Å². The zero-order valence-corrected chi connectivity index (χ0v) is 16.1. The van der Waals surface area contributed by atoms with Crippen molar-refractivity contribution in [3.8, 4) is 0 Å². The Kier molecular flexibility index (Phi) is 6.52. The maximum Gasteiger partial charge on any atom is 0.233 e. The van der Waals surface area contributed by atoms with Gasteiger partial charge in [-0.3, -0.25) is 4.79 Å². The molecule has 1 saturated heterocycles. The van der Waals surface area contributed by atoms with E-state index < -0.39 is 0 Å². The molecule has 134 valence electrons. The highest BCUT2D eigenvalue weighted by Gasteiger charge is 2.20. The lowest BCUT2D eigenvalue weighted by atomic mass is 10.2. The number of halogens is 1. The largest absolute Gasteiger partial charge is 0.376 e. The molecular formula is C16H19ClN4O2S2. The van der Waals surface area contributed by atoms with Crippen LogP contribution in [0.2, 0.25) is 5.02 Å². The van der Waals surface area contributed by atoms with Crippen LogP contribution < -0.4 is 10.6 Å². The van der Waals surface area contributed by atoms with Crippen LogP contribution in [0.15, 0.2) is 28.6 Å². The van der Waals surface area contributed by atoms with Crippen LogP contribution in [-0.2, 0) is 9.53 Å². The Morgan fingerprint density at radius 1 is 1.48 bits per heavy atom. The van der Waals surface area contributed by atoms with Crippen molar-refractivity contribution >= 4 is 51.4 Å². The minimum absolute atomic E-state index is 0.0173. The van der Waals surface area contributed by atoms with Crippen molar-refractivity contribution in [3.63, 3.8) is 0 Å². The number of anilines is 2. The maximum absolute atomic E-state index is 12.2. The second-order valence-corrected chi connectivity index (χ2v) is 8.59. The molecule has 0 radical (unpaired) electrons. The lowest BCUT2D eigenvalue weighted by Crippen LogP contribution is -2.36. The van der Waals surface area contributed by atoms with Gasteiger partial charge < -0.3 is 15.4 Å². The highest BCUT2D eigenvalue weighted by Crippen LogP contribution is 2.32. The molecule has 0 bridgehead atoms. The van der Waals surface area contributed by atoms with Gasteiger partial charge in [-0.15, -0.1) is 10.2 Å². The molecule has 1 fully saturated rings. The van der Waals surface area contributed by atoms with Crippen molar-refractivity contribution < 1.29 is 9.53 Å². The molecule has 0 saturated carbocycles. The second-order valence-electron chi connectivity index (χ2n) is 5.62. The number of carbonyl (C=O) groups excluding carboxylic acids is 1. The van der Waals surface area contributed by atoms with Gasteiger partial charge in [-0.05, 0) is 31.9 Å². The fraction of sp³-hybridized carbons (Fsp3) is 0.438. The zero-order chi connectivity index (χ0) is 17.6. The number of hydrogen-bond acceptors (Lipinski definition) is 7. The van der Waals surface area contributed by atoms with E-state index in [0.29, 0.717) is 16.7 Å². The normalized spacial score (nSPS) is 18.1. The number of carbonyl (C=O) groups is 1. The lowest BCUT2D eigenvalue weighted by Gasteiger charge is -2.13. The topological polar surface area (TPSA) is 76.1 Å². The highest BCUT2D eigenvalue weighted by atomic mass is 35.5. The quantitative estimate of drug-likeness (QED) is 0.692. The Bertz CT molecular complexity index is 722. The van der Waals surface area contributed by atoms with Crippen molar-refractivity contribution in [2.75, 3.05) is 18.5 Å². The molecule has 0 unspecified atom stereocenters. The molecule has 25 heavy (non-hydrogen) atoms. The molecular weight excluding hydrogens is 380 g/mol. The monoisotopic (exact) mass is 398 g/mol. The average molecular weight is 399 g/mol. The van der Waals surface area contributed by atoms with Crippen LogP contribution >= 0.6 is 34.7 Å². The number of nitrogens with zero attached hydrogens (tertiary/aromatic N) is 2. The van der Waals surface area contributed by atoms with Gasteiger partial charge in [-0.1, -0.05) is 46.8 Å². The molecule has 1 aliphatic heterocycles. The number of nitrogens with one attached hydrogen (secondary N) is 2. The summed E-state index contributed by atoms with van der Waals surface area (Å²) in [5.74, 6) is -0.0173. The molecule has 9 heteroatoms. The Hall–Kier alpha value is -1.35. The molecule has 0 aliphatic carbocycles. The number of hydrogen-bond donors (Lipinski definition) is 2. The summed E-state index contributed by atoms with van der Waals surface area (Å²) in [6, 6.07) is 7.44. The van der Waals surface area contributed by atoms with Crippen LogP contribution in [0.1, 0.15) is 19.8 Å². The van der Waals surface area contributed by atoms with Gasteiger partial charge in [0.05, 0.1) is 22.1 Å². The van der Waals surface area contributed by atoms with Crippen LogP contribution in [0.4, 0.5) is 10.8 Å². The summed E-state index contributed by atoms with van der Waals surface area (Å²) in [6.45, 7) is 3.22. The number of ether oxygens (including phenoxy) is 1. The summed E-state index contributed by atoms with van der Waals surface area (Å²) in [5, 5.41) is 15.3. The summed E-state index contributed by atoms with van der Waals surface area (Å²) in [6.07, 6.45) is 2.22. The summed E-state index contributed by atoms with van der Waals surface area (Å²) >= 11 is 8.90. The number of para-hydroxylation sites is 1. The molecule has 0 spiro atoms. The van der Waals surface area contributed by atoms with Crippen molar-refractivity contribution in [2.24, 2.45) is 0 Å². The van der Waals surface area contributed by atoms with Gasteiger partial charge in [-0.25, -0.2) is 0 Å². The van der Waals surface area contributed by atoms with E-state index in [-0.39, 0.29) is 17.3 Å². The zero-order valence-electron chi connectivity index (χ0n) is 13.7. The van der Waals surface area contributed by atoms with Crippen LogP contribution in [0.5, 0.6) is 0 Å².